The lowest BCUT2D eigenvalue weighted by Crippen LogP contribution is -2.40. The van der Waals surface area contributed by atoms with Crippen LogP contribution in [0, 0.1) is 6.92 Å². The van der Waals surface area contributed by atoms with E-state index in [4.69, 9.17) is 5.73 Å². The molecule has 0 spiro atoms. The van der Waals surface area contributed by atoms with Crippen LogP contribution in [0.1, 0.15) is 29.4 Å². The van der Waals surface area contributed by atoms with Gasteiger partial charge in [-0.3, -0.25) is 9.78 Å². The maximum absolute atomic E-state index is 12.8. The highest BCUT2D eigenvalue weighted by molar-refractivity contribution is 6.06. The van der Waals surface area contributed by atoms with Gasteiger partial charge in [0.2, 0.25) is 0 Å². The zero-order valence-electron chi connectivity index (χ0n) is 12.2. The molecule has 2 atom stereocenters. The minimum Gasteiger partial charge on any atom is -0.334 e. The number of halogens is 1. The third-order valence-electron chi connectivity index (χ3n) is 4.15. The fourth-order valence-corrected chi connectivity index (χ4v) is 2.89. The SMILES string of the molecule is Cc1cc(C(=O)N2CCC(N)C2C)c2ccccc2n1.Cl. The predicted octanol–water partition coefficient (Wildman–Crippen LogP) is 2.53. The van der Waals surface area contributed by atoms with Crippen molar-refractivity contribution in [3.63, 3.8) is 0 Å². The molecule has 1 aromatic heterocycles. The summed E-state index contributed by atoms with van der Waals surface area (Å²) in [6.45, 7) is 4.67. The zero-order valence-corrected chi connectivity index (χ0v) is 13.1. The Bertz CT molecular complexity index is 674. The summed E-state index contributed by atoms with van der Waals surface area (Å²) in [4.78, 5) is 19.2. The van der Waals surface area contributed by atoms with E-state index in [1.54, 1.807) is 0 Å². The molecule has 2 N–H and O–H groups in total. The van der Waals surface area contributed by atoms with Crippen molar-refractivity contribution in [3.05, 3.63) is 41.6 Å². The standard InChI is InChI=1S/C16H19N3O.ClH/c1-10-9-13(12-5-3-4-6-15(12)18-10)16(20)19-8-7-14(17)11(19)2;/h3-6,9,11,14H,7-8,17H2,1-2H3;1H. The summed E-state index contributed by atoms with van der Waals surface area (Å²) in [5.74, 6) is 0.0622. The van der Waals surface area contributed by atoms with E-state index in [1.165, 1.54) is 0 Å². The van der Waals surface area contributed by atoms with Crippen LogP contribution in [0.2, 0.25) is 0 Å². The highest BCUT2D eigenvalue weighted by Crippen LogP contribution is 2.24. The number of benzene rings is 1. The van der Waals surface area contributed by atoms with E-state index in [2.05, 4.69) is 4.98 Å². The number of rotatable bonds is 1. The Morgan fingerprint density at radius 1 is 1.38 bits per heavy atom. The molecular formula is C16H20ClN3O. The first-order chi connectivity index (χ1) is 9.58. The Morgan fingerprint density at radius 2 is 2.10 bits per heavy atom. The zero-order chi connectivity index (χ0) is 14.3. The Hall–Kier alpha value is -1.65. The van der Waals surface area contributed by atoms with Gasteiger partial charge in [0.1, 0.15) is 0 Å². The quantitative estimate of drug-likeness (QED) is 0.881. The maximum Gasteiger partial charge on any atom is 0.254 e. The molecule has 4 nitrogen and oxygen atoms in total. The largest absolute Gasteiger partial charge is 0.334 e. The average molecular weight is 306 g/mol. The molecule has 21 heavy (non-hydrogen) atoms. The lowest BCUT2D eigenvalue weighted by molar-refractivity contribution is 0.0744. The van der Waals surface area contributed by atoms with Gasteiger partial charge in [-0.2, -0.15) is 0 Å². The number of hydrogen-bond donors (Lipinski definition) is 1. The van der Waals surface area contributed by atoms with Gasteiger partial charge < -0.3 is 10.6 Å². The van der Waals surface area contributed by atoms with E-state index in [9.17, 15) is 4.79 Å². The van der Waals surface area contributed by atoms with Crippen molar-refractivity contribution in [2.75, 3.05) is 6.54 Å². The lowest BCUT2D eigenvalue weighted by Gasteiger charge is -2.24. The van der Waals surface area contributed by atoms with E-state index >= 15 is 0 Å². The molecule has 1 fully saturated rings. The van der Waals surface area contributed by atoms with E-state index in [0.717, 1.165) is 35.1 Å². The summed E-state index contributed by atoms with van der Waals surface area (Å²) in [5, 5.41) is 0.913. The van der Waals surface area contributed by atoms with Crippen LogP contribution in [0.15, 0.2) is 30.3 Å². The average Bonchev–Trinajstić information content (AvgIpc) is 2.77. The van der Waals surface area contributed by atoms with Gasteiger partial charge in [-0.15, -0.1) is 12.4 Å². The van der Waals surface area contributed by atoms with Crippen molar-refractivity contribution in [1.29, 1.82) is 0 Å². The molecular weight excluding hydrogens is 286 g/mol. The van der Waals surface area contributed by atoms with Crippen LogP contribution in [0.4, 0.5) is 0 Å². The van der Waals surface area contributed by atoms with Crippen molar-refractivity contribution < 1.29 is 4.79 Å². The number of likely N-dealkylation sites (tertiary alicyclic amines) is 1. The molecule has 0 radical (unpaired) electrons. The first kappa shape index (κ1) is 15.7. The van der Waals surface area contributed by atoms with Crippen molar-refractivity contribution in [2.45, 2.75) is 32.4 Å². The molecule has 3 rings (SSSR count). The molecule has 2 heterocycles. The topological polar surface area (TPSA) is 59.2 Å². The summed E-state index contributed by atoms with van der Waals surface area (Å²) in [5.41, 5.74) is 8.48. The number of hydrogen-bond acceptors (Lipinski definition) is 3. The molecule has 0 aliphatic carbocycles. The molecule has 1 aliphatic heterocycles. The van der Waals surface area contributed by atoms with Crippen molar-refractivity contribution in [2.24, 2.45) is 5.73 Å². The first-order valence-electron chi connectivity index (χ1n) is 7.01. The fourth-order valence-electron chi connectivity index (χ4n) is 2.89. The van der Waals surface area contributed by atoms with Crippen LogP contribution < -0.4 is 5.73 Å². The number of carbonyl (C=O) groups is 1. The van der Waals surface area contributed by atoms with Crippen LogP contribution in [-0.2, 0) is 0 Å². The molecule has 5 heteroatoms. The normalized spacial score (nSPS) is 21.4. The molecule has 112 valence electrons. The fraction of sp³-hybridized carbons (Fsp3) is 0.375. The number of carbonyl (C=O) groups excluding carboxylic acids is 1. The molecule has 0 saturated carbocycles. The second-order valence-corrected chi connectivity index (χ2v) is 5.52. The van der Waals surface area contributed by atoms with Crippen LogP contribution in [0.3, 0.4) is 0 Å². The van der Waals surface area contributed by atoms with Gasteiger partial charge >= 0.3 is 0 Å². The van der Waals surface area contributed by atoms with Crippen molar-refractivity contribution in [1.82, 2.24) is 9.88 Å². The lowest BCUT2D eigenvalue weighted by atomic mass is 10.1. The highest BCUT2D eigenvalue weighted by atomic mass is 35.5. The summed E-state index contributed by atoms with van der Waals surface area (Å²) >= 11 is 0. The minimum absolute atomic E-state index is 0. The first-order valence-corrected chi connectivity index (χ1v) is 7.01. The third kappa shape index (κ3) is 2.74. The number of aryl methyl sites for hydroxylation is 1. The Balaban J connectivity index is 0.00000161. The summed E-state index contributed by atoms with van der Waals surface area (Å²) in [6.07, 6.45) is 0.870. The number of para-hydroxylation sites is 1. The molecule has 1 aliphatic rings. The van der Waals surface area contributed by atoms with Gasteiger partial charge in [0.25, 0.3) is 5.91 Å². The van der Waals surface area contributed by atoms with Gasteiger partial charge in [-0.25, -0.2) is 0 Å². The predicted molar refractivity (Wildman–Crippen MR) is 86.8 cm³/mol. The maximum atomic E-state index is 12.8. The number of amides is 1. The van der Waals surface area contributed by atoms with E-state index < -0.39 is 0 Å². The van der Waals surface area contributed by atoms with Crippen LogP contribution in [0.25, 0.3) is 10.9 Å². The van der Waals surface area contributed by atoms with Crippen LogP contribution in [-0.4, -0.2) is 34.4 Å². The Morgan fingerprint density at radius 3 is 2.76 bits per heavy atom. The molecule has 1 amide bonds. The second-order valence-electron chi connectivity index (χ2n) is 5.52. The molecule has 2 aromatic rings. The number of pyridine rings is 1. The molecule has 1 saturated heterocycles. The summed E-state index contributed by atoms with van der Waals surface area (Å²) in [7, 11) is 0. The molecule has 1 aromatic carbocycles. The third-order valence-corrected chi connectivity index (χ3v) is 4.15. The van der Waals surface area contributed by atoms with Crippen molar-refractivity contribution in [3.8, 4) is 0 Å². The summed E-state index contributed by atoms with van der Waals surface area (Å²) < 4.78 is 0. The van der Waals surface area contributed by atoms with Crippen LogP contribution in [0.5, 0.6) is 0 Å². The second kappa shape index (κ2) is 6.00. The molecule has 0 bridgehead atoms. The van der Waals surface area contributed by atoms with E-state index in [-0.39, 0.29) is 30.4 Å². The van der Waals surface area contributed by atoms with Gasteiger partial charge in [-0.1, -0.05) is 18.2 Å². The number of aromatic nitrogens is 1. The van der Waals surface area contributed by atoms with Crippen LogP contribution >= 0.6 is 12.4 Å². The van der Waals surface area contributed by atoms with Gasteiger partial charge in [0, 0.05) is 29.7 Å². The van der Waals surface area contributed by atoms with Crippen molar-refractivity contribution >= 4 is 29.2 Å². The Kier molecular flexibility index (Phi) is 4.49. The van der Waals surface area contributed by atoms with Gasteiger partial charge in [0.15, 0.2) is 0 Å². The monoisotopic (exact) mass is 305 g/mol. The highest BCUT2D eigenvalue weighted by Gasteiger charge is 2.32. The smallest absolute Gasteiger partial charge is 0.254 e. The van der Waals surface area contributed by atoms with Gasteiger partial charge in [0.05, 0.1) is 11.1 Å². The van der Waals surface area contributed by atoms with E-state index in [0.29, 0.717) is 0 Å². The van der Waals surface area contributed by atoms with E-state index in [1.807, 2.05) is 49.1 Å². The molecule has 2 unspecified atom stereocenters. The number of fused-ring (bicyclic) bond motifs is 1. The van der Waals surface area contributed by atoms with Gasteiger partial charge in [-0.05, 0) is 32.4 Å². The minimum atomic E-state index is 0. The number of nitrogens with zero attached hydrogens (tertiary/aromatic N) is 2. The summed E-state index contributed by atoms with van der Waals surface area (Å²) in [6, 6.07) is 9.82. The Labute approximate surface area is 130 Å². The number of nitrogens with two attached hydrogens (primary N) is 1.